The number of nitrogens with zero attached hydrogens (tertiary/aromatic N) is 2. The number of carbonyl (C=O) groups is 1. The summed E-state index contributed by atoms with van der Waals surface area (Å²) in [7, 11) is 0. The van der Waals surface area contributed by atoms with Gasteiger partial charge in [0.25, 0.3) is 5.91 Å². The van der Waals surface area contributed by atoms with Crippen LogP contribution in [-0.4, -0.2) is 56.0 Å². The zero-order valence-electron chi connectivity index (χ0n) is 17.4. The summed E-state index contributed by atoms with van der Waals surface area (Å²) >= 11 is 0. The normalized spacial score (nSPS) is 25.6. The fraction of sp³-hybridized carbons (Fsp3) is 0.476. The molecule has 32 heavy (non-hydrogen) atoms. The molecule has 0 saturated carbocycles. The van der Waals surface area contributed by atoms with E-state index in [2.05, 4.69) is 10.3 Å². The minimum atomic E-state index is -3.82. The number of nitrogens with one attached hydrogen (secondary N) is 1. The van der Waals surface area contributed by atoms with E-state index in [1.54, 1.807) is 18.2 Å². The molecule has 3 N–H and O–H groups in total. The summed E-state index contributed by atoms with van der Waals surface area (Å²) in [6.07, 6.45) is -3.43. The van der Waals surface area contributed by atoms with Crippen molar-refractivity contribution in [2.45, 2.75) is 56.6 Å². The summed E-state index contributed by atoms with van der Waals surface area (Å²) < 4.78 is 39.9. The number of aliphatic hydroxyl groups excluding tert-OH is 2. The Labute approximate surface area is 181 Å². The third-order valence-corrected chi connectivity index (χ3v) is 5.59. The van der Waals surface area contributed by atoms with Gasteiger partial charge in [0.15, 0.2) is 6.10 Å². The predicted molar refractivity (Wildman–Crippen MR) is 108 cm³/mol. The quantitative estimate of drug-likeness (QED) is 0.644. The maximum absolute atomic E-state index is 14.3. The van der Waals surface area contributed by atoms with Crippen LogP contribution in [0.3, 0.4) is 0 Å². The summed E-state index contributed by atoms with van der Waals surface area (Å²) in [5.74, 6) is -3.77. The number of aryl methyl sites for hydroxylation is 1. The Balaban J connectivity index is 1.51. The lowest BCUT2D eigenvalue weighted by Crippen LogP contribution is -2.41. The zero-order chi connectivity index (χ0) is 23.3. The molecule has 1 unspecified atom stereocenters. The number of carbonyl (C=O) groups excluding carboxylic acids is 1. The highest BCUT2D eigenvalue weighted by molar-refractivity contribution is 6.04. The van der Waals surface area contributed by atoms with Crippen LogP contribution in [0, 0.1) is 0 Å². The maximum Gasteiger partial charge on any atom is 0.351 e. The number of anilines is 1. The Morgan fingerprint density at radius 2 is 2.09 bits per heavy atom. The molecular weight excluding hydrogens is 428 g/mol. The molecule has 4 rings (SSSR count). The van der Waals surface area contributed by atoms with Crippen LogP contribution in [0.2, 0.25) is 0 Å². The summed E-state index contributed by atoms with van der Waals surface area (Å²) in [5.41, 5.74) is -0.174. The number of hydrogen-bond donors (Lipinski definition) is 3. The number of ether oxygens (including phenoxy) is 2. The number of alkyl halides is 2. The first kappa shape index (κ1) is 22.3. The molecule has 11 heteroatoms. The van der Waals surface area contributed by atoms with E-state index in [4.69, 9.17) is 14.6 Å². The molecular formula is C21H23F2N3O6. The van der Waals surface area contributed by atoms with E-state index in [0.29, 0.717) is 15.9 Å². The average Bonchev–Trinajstić information content (AvgIpc) is 2.96. The Hall–Kier alpha value is -2.89. The fourth-order valence-electron chi connectivity index (χ4n) is 3.77. The van der Waals surface area contributed by atoms with E-state index < -0.39 is 42.6 Å². The lowest BCUT2D eigenvalue weighted by Gasteiger charge is -2.32. The molecule has 1 aromatic carbocycles. The number of aliphatic hydroxyl groups is 2. The molecule has 1 fully saturated rings. The fourth-order valence-corrected chi connectivity index (χ4v) is 3.77. The predicted octanol–water partition coefficient (Wildman–Crippen LogP) is 1.49. The standard InChI is InChI=1S/C21H23F2N3O6/c1-20(2)7-5-11-9-12(3-4-13(11)32-20)17(29)24-15-6-8-26(19(30)25-15)18-21(22,23)16(28)14(10-27)31-18/h3-4,6,8-9,14,16,18,27-28H,5,7,10H2,1-2H3,(H,24,25,29,30)/t14-,16-,18?/m1/s1. The second kappa shape index (κ2) is 7.91. The molecule has 172 valence electrons. The van der Waals surface area contributed by atoms with Crippen molar-refractivity contribution < 1.29 is 33.3 Å². The molecule has 3 atom stereocenters. The van der Waals surface area contributed by atoms with Crippen molar-refractivity contribution in [3.05, 3.63) is 52.1 Å². The van der Waals surface area contributed by atoms with Crippen LogP contribution in [0.4, 0.5) is 14.6 Å². The van der Waals surface area contributed by atoms with Crippen molar-refractivity contribution in [2.24, 2.45) is 0 Å². The molecule has 1 saturated heterocycles. The number of aromatic nitrogens is 2. The number of fused-ring (bicyclic) bond motifs is 1. The highest BCUT2D eigenvalue weighted by atomic mass is 19.3. The molecule has 3 heterocycles. The van der Waals surface area contributed by atoms with Crippen molar-refractivity contribution in [2.75, 3.05) is 11.9 Å². The number of rotatable bonds is 4. The smallest absolute Gasteiger partial charge is 0.351 e. The largest absolute Gasteiger partial charge is 0.488 e. The van der Waals surface area contributed by atoms with Gasteiger partial charge in [0.2, 0.25) is 6.23 Å². The van der Waals surface area contributed by atoms with Gasteiger partial charge in [-0.2, -0.15) is 13.8 Å². The summed E-state index contributed by atoms with van der Waals surface area (Å²) in [4.78, 5) is 28.5. The van der Waals surface area contributed by atoms with Crippen LogP contribution in [-0.2, 0) is 11.2 Å². The summed E-state index contributed by atoms with van der Waals surface area (Å²) in [6.45, 7) is 3.13. The second-order valence-corrected chi connectivity index (χ2v) is 8.47. The van der Waals surface area contributed by atoms with E-state index in [9.17, 15) is 23.5 Å². The molecule has 0 spiro atoms. The van der Waals surface area contributed by atoms with Crippen LogP contribution in [0.15, 0.2) is 35.3 Å². The lowest BCUT2D eigenvalue weighted by atomic mass is 9.93. The minimum Gasteiger partial charge on any atom is -0.488 e. The first-order chi connectivity index (χ1) is 15.0. The van der Waals surface area contributed by atoms with E-state index in [0.717, 1.165) is 24.6 Å². The third-order valence-electron chi connectivity index (χ3n) is 5.59. The molecule has 1 amide bonds. The van der Waals surface area contributed by atoms with Gasteiger partial charge in [-0.15, -0.1) is 0 Å². The monoisotopic (exact) mass is 451 g/mol. The lowest BCUT2D eigenvalue weighted by molar-refractivity contribution is -0.140. The van der Waals surface area contributed by atoms with E-state index >= 15 is 0 Å². The Bertz CT molecular complexity index is 1100. The molecule has 1 aromatic heterocycles. The van der Waals surface area contributed by atoms with Gasteiger partial charge in [0.1, 0.15) is 23.3 Å². The first-order valence-corrected chi connectivity index (χ1v) is 10.1. The summed E-state index contributed by atoms with van der Waals surface area (Å²) in [5, 5.41) is 21.2. The third kappa shape index (κ3) is 3.98. The number of amides is 1. The van der Waals surface area contributed by atoms with Gasteiger partial charge in [-0.25, -0.2) is 4.79 Å². The number of benzene rings is 1. The van der Waals surface area contributed by atoms with Crippen LogP contribution in [0.25, 0.3) is 0 Å². The average molecular weight is 451 g/mol. The minimum absolute atomic E-state index is 0.132. The molecule has 0 aliphatic carbocycles. The second-order valence-electron chi connectivity index (χ2n) is 8.47. The SMILES string of the molecule is CC1(C)CCc2cc(C(=O)Nc3ccn(C4O[C@H](CO)[C@@H](O)C4(F)F)c(=O)n3)ccc2O1. The molecule has 2 aromatic rings. The highest BCUT2D eigenvalue weighted by Gasteiger charge is 2.59. The van der Waals surface area contributed by atoms with Gasteiger partial charge in [-0.1, -0.05) is 0 Å². The summed E-state index contributed by atoms with van der Waals surface area (Å²) in [6, 6.07) is 6.16. The van der Waals surface area contributed by atoms with Gasteiger partial charge in [-0.05, 0) is 56.5 Å². The Morgan fingerprint density at radius 3 is 2.75 bits per heavy atom. The highest BCUT2D eigenvalue weighted by Crippen LogP contribution is 2.42. The van der Waals surface area contributed by atoms with E-state index in [1.165, 1.54) is 6.07 Å². The van der Waals surface area contributed by atoms with Crippen LogP contribution < -0.4 is 15.7 Å². The van der Waals surface area contributed by atoms with Gasteiger partial charge in [0, 0.05) is 11.8 Å². The van der Waals surface area contributed by atoms with Crippen molar-refractivity contribution in [3.63, 3.8) is 0 Å². The van der Waals surface area contributed by atoms with E-state index in [1.807, 2.05) is 13.8 Å². The van der Waals surface area contributed by atoms with Crippen LogP contribution >= 0.6 is 0 Å². The zero-order valence-corrected chi connectivity index (χ0v) is 17.4. The van der Waals surface area contributed by atoms with Crippen molar-refractivity contribution in [3.8, 4) is 5.75 Å². The molecule has 0 radical (unpaired) electrons. The Morgan fingerprint density at radius 1 is 1.34 bits per heavy atom. The van der Waals surface area contributed by atoms with Crippen LogP contribution in [0.5, 0.6) is 5.75 Å². The molecule has 0 bridgehead atoms. The van der Waals surface area contributed by atoms with E-state index in [-0.39, 0.29) is 11.4 Å². The molecule has 9 nitrogen and oxygen atoms in total. The van der Waals surface area contributed by atoms with Crippen LogP contribution in [0.1, 0.15) is 42.4 Å². The van der Waals surface area contributed by atoms with Gasteiger partial charge in [0.05, 0.1) is 6.61 Å². The molecule has 2 aliphatic rings. The number of hydrogen-bond acceptors (Lipinski definition) is 7. The first-order valence-electron chi connectivity index (χ1n) is 10.1. The van der Waals surface area contributed by atoms with Gasteiger partial charge < -0.3 is 25.0 Å². The van der Waals surface area contributed by atoms with Crippen molar-refractivity contribution in [1.82, 2.24) is 9.55 Å². The van der Waals surface area contributed by atoms with Crippen molar-refractivity contribution in [1.29, 1.82) is 0 Å². The van der Waals surface area contributed by atoms with Gasteiger partial charge >= 0.3 is 11.6 Å². The van der Waals surface area contributed by atoms with Crippen molar-refractivity contribution >= 4 is 11.7 Å². The number of halogens is 2. The Kier molecular flexibility index (Phi) is 5.51. The topological polar surface area (TPSA) is 123 Å². The van der Waals surface area contributed by atoms with Gasteiger partial charge in [-0.3, -0.25) is 9.36 Å². The maximum atomic E-state index is 14.3. The molecule has 2 aliphatic heterocycles.